The highest BCUT2D eigenvalue weighted by Gasteiger charge is 2.28. The second-order valence-corrected chi connectivity index (χ2v) is 7.36. The molecule has 1 aliphatic rings. The zero-order valence-corrected chi connectivity index (χ0v) is 19.6. The lowest BCUT2D eigenvalue weighted by Crippen LogP contribution is -2.53. The number of guanidine groups is 1. The average molecular weight is 505 g/mol. The average Bonchev–Trinajstić information content (AvgIpc) is 2.66. The van der Waals surface area contributed by atoms with Crippen LogP contribution in [0.25, 0.3) is 0 Å². The van der Waals surface area contributed by atoms with Gasteiger partial charge in [0.25, 0.3) is 0 Å². The number of nitrogens with zero attached hydrogens (tertiary/aromatic N) is 3. The van der Waals surface area contributed by atoms with Crippen molar-refractivity contribution in [1.82, 2.24) is 15.5 Å². The Labute approximate surface area is 185 Å². The van der Waals surface area contributed by atoms with E-state index in [4.69, 9.17) is 4.99 Å². The number of hydrogen-bond donors (Lipinski definition) is 2. The number of aliphatic imine (C=N–C) groups is 1. The molecule has 1 aromatic carbocycles. The number of nitrogens with one attached hydrogen (secondary N) is 2. The number of rotatable bonds is 6. The number of amides is 1. The molecule has 1 aromatic rings. The number of carbonyl (C=O) groups is 1. The summed E-state index contributed by atoms with van der Waals surface area (Å²) >= 11 is 0. The van der Waals surface area contributed by atoms with Gasteiger partial charge in [0.2, 0.25) is 5.91 Å². The Hall–Kier alpha value is -1.58. The predicted octanol–water partition coefficient (Wildman–Crippen LogP) is 2.69. The van der Waals surface area contributed by atoms with Gasteiger partial charge < -0.3 is 20.4 Å². The van der Waals surface area contributed by atoms with Gasteiger partial charge in [-0.1, -0.05) is 0 Å². The summed E-state index contributed by atoms with van der Waals surface area (Å²) in [7, 11) is 0. The Morgan fingerprint density at radius 3 is 2.18 bits per heavy atom. The van der Waals surface area contributed by atoms with Gasteiger partial charge in [-0.15, -0.1) is 24.0 Å². The molecule has 2 rings (SSSR count). The highest BCUT2D eigenvalue weighted by molar-refractivity contribution is 14.0. The van der Waals surface area contributed by atoms with Crippen LogP contribution in [-0.4, -0.2) is 62.6 Å². The first-order chi connectivity index (χ1) is 12.9. The van der Waals surface area contributed by atoms with Crippen LogP contribution in [0, 0.1) is 11.2 Å². The molecule has 0 aliphatic carbocycles. The van der Waals surface area contributed by atoms with Gasteiger partial charge in [-0.25, -0.2) is 4.39 Å². The molecule has 28 heavy (non-hydrogen) atoms. The molecular weight excluding hydrogens is 472 g/mol. The van der Waals surface area contributed by atoms with Gasteiger partial charge >= 0.3 is 0 Å². The van der Waals surface area contributed by atoms with Crippen molar-refractivity contribution in [3.63, 3.8) is 0 Å². The molecular formula is C20H33FIN5O. The molecule has 0 saturated carbocycles. The van der Waals surface area contributed by atoms with E-state index in [1.54, 1.807) is 0 Å². The summed E-state index contributed by atoms with van der Waals surface area (Å²) in [6.45, 7) is 13.0. The Bertz CT molecular complexity index is 643. The molecule has 158 valence electrons. The second kappa shape index (κ2) is 11.4. The van der Waals surface area contributed by atoms with Crippen LogP contribution in [-0.2, 0) is 4.79 Å². The van der Waals surface area contributed by atoms with E-state index in [2.05, 4.69) is 20.4 Å². The minimum absolute atomic E-state index is 0. The Kier molecular flexibility index (Phi) is 9.98. The summed E-state index contributed by atoms with van der Waals surface area (Å²) in [5.41, 5.74) is 0.488. The summed E-state index contributed by atoms with van der Waals surface area (Å²) in [4.78, 5) is 21.4. The van der Waals surface area contributed by atoms with E-state index < -0.39 is 5.41 Å². The zero-order chi connectivity index (χ0) is 19.9. The van der Waals surface area contributed by atoms with Crippen molar-refractivity contribution in [2.75, 3.05) is 50.7 Å². The molecule has 0 unspecified atom stereocenters. The van der Waals surface area contributed by atoms with Crippen molar-refractivity contribution < 1.29 is 9.18 Å². The number of anilines is 1. The largest absolute Gasteiger partial charge is 0.368 e. The normalized spacial score (nSPS) is 15.1. The SMILES string of the molecule is CCNC(=O)C(C)(C)CN=C(NCC)N1CCN(c2ccc(F)cc2)CC1.I. The molecule has 8 heteroatoms. The van der Waals surface area contributed by atoms with Crippen LogP contribution in [0.4, 0.5) is 10.1 Å². The van der Waals surface area contributed by atoms with Crippen LogP contribution in [0.2, 0.25) is 0 Å². The molecule has 1 fully saturated rings. The van der Waals surface area contributed by atoms with Crippen LogP contribution < -0.4 is 15.5 Å². The summed E-state index contributed by atoms with van der Waals surface area (Å²) in [6, 6.07) is 6.63. The van der Waals surface area contributed by atoms with E-state index in [-0.39, 0.29) is 35.7 Å². The van der Waals surface area contributed by atoms with E-state index in [1.807, 2.05) is 39.8 Å². The molecule has 0 spiro atoms. The Morgan fingerprint density at radius 1 is 1.07 bits per heavy atom. The highest BCUT2D eigenvalue weighted by Crippen LogP contribution is 2.18. The predicted molar refractivity (Wildman–Crippen MR) is 124 cm³/mol. The van der Waals surface area contributed by atoms with Crippen molar-refractivity contribution in [3.8, 4) is 0 Å². The smallest absolute Gasteiger partial charge is 0.227 e. The van der Waals surface area contributed by atoms with E-state index in [1.165, 1.54) is 12.1 Å². The van der Waals surface area contributed by atoms with E-state index in [0.29, 0.717) is 13.1 Å². The monoisotopic (exact) mass is 505 g/mol. The van der Waals surface area contributed by atoms with E-state index >= 15 is 0 Å². The molecule has 1 saturated heterocycles. The molecule has 0 atom stereocenters. The fourth-order valence-electron chi connectivity index (χ4n) is 3.00. The third kappa shape index (κ3) is 6.79. The van der Waals surface area contributed by atoms with Crippen LogP contribution in [0.15, 0.2) is 29.3 Å². The van der Waals surface area contributed by atoms with Crippen LogP contribution in [0.3, 0.4) is 0 Å². The maximum Gasteiger partial charge on any atom is 0.227 e. The summed E-state index contributed by atoms with van der Waals surface area (Å²) in [5, 5.41) is 6.21. The molecule has 1 aliphatic heterocycles. The van der Waals surface area contributed by atoms with Gasteiger partial charge in [-0.3, -0.25) is 9.79 Å². The lowest BCUT2D eigenvalue weighted by molar-refractivity contribution is -0.128. The minimum atomic E-state index is -0.549. The quantitative estimate of drug-likeness (QED) is 0.355. The van der Waals surface area contributed by atoms with Crippen LogP contribution in [0.5, 0.6) is 0 Å². The third-order valence-corrected chi connectivity index (χ3v) is 4.68. The zero-order valence-electron chi connectivity index (χ0n) is 17.3. The highest BCUT2D eigenvalue weighted by atomic mass is 127. The molecule has 0 bridgehead atoms. The summed E-state index contributed by atoms with van der Waals surface area (Å²) < 4.78 is 13.1. The summed E-state index contributed by atoms with van der Waals surface area (Å²) in [6.07, 6.45) is 0. The number of benzene rings is 1. The molecule has 0 radical (unpaired) electrons. The standard InChI is InChI=1S/C20H32FN5O.HI/c1-5-22-18(27)20(3,4)15-24-19(23-6-2)26-13-11-25(12-14-26)17-9-7-16(21)8-10-17;/h7-10H,5-6,11-15H2,1-4H3,(H,22,27)(H,23,24);1H. The van der Waals surface area contributed by atoms with Gasteiger partial charge in [-0.2, -0.15) is 0 Å². The first-order valence-corrected chi connectivity index (χ1v) is 9.69. The van der Waals surface area contributed by atoms with Gasteiger partial charge in [0.15, 0.2) is 5.96 Å². The fourth-order valence-corrected chi connectivity index (χ4v) is 3.00. The Morgan fingerprint density at radius 2 is 1.64 bits per heavy atom. The second-order valence-electron chi connectivity index (χ2n) is 7.36. The molecule has 0 aromatic heterocycles. The first kappa shape index (κ1) is 24.5. The van der Waals surface area contributed by atoms with Crippen LogP contribution >= 0.6 is 24.0 Å². The fraction of sp³-hybridized carbons (Fsp3) is 0.600. The van der Waals surface area contributed by atoms with Crippen molar-refractivity contribution in [2.45, 2.75) is 27.7 Å². The molecule has 2 N–H and O–H groups in total. The van der Waals surface area contributed by atoms with Crippen molar-refractivity contribution in [1.29, 1.82) is 0 Å². The molecule has 1 amide bonds. The van der Waals surface area contributed by atoms with Crippen molar-refractivity contribution in [3.05, 3.63) is 30.1 Å². The topological polar surface area (TPSA) is 60.0 Å². The number of halogens is 2. The third-order valence-electron chi connectivity index (χ3n) is 4.68. The van der Waals surface area contributed by atoms with Gasteiger partial charge in [0, 0.05) is 45.0 Å². The lowest BCUT2D eigenvalue weighted by atomic mass is 9.92. The molecule has 1 heterocycles. The first-order valence-electron chi connectivity index (χ1n) is 9.69. The van der Waals surface area contributed by atoms with Crippen molar-refractivity contribution in [2.24, 2.45) is 10.4 Å². The van der Waals surface area contributed by atoms with Crippen LogP contribution in [0.1, 0.15) is 27.7 Å². The molecule has 6 nitrogen and oxygen atoms in total. The number of piperazine rings is 1. The summed E-state index contributed by atoms with van der Waals surface area (Å²) in [5.74, 6) is 0.646. The van der Waals surface area contributed by atoms with Gasteiger partial charge in [0.05, 0.1) is 12.0 Å². The van der Waals surface area contributed by atoms with Gasteiger partial charge in [0.1, 0.15) is 5.82 Å². The van der Waals surface area contributed by atoms with E-state index in [9.17, 15) is 9.18 Å². The lowest BCUT2D eigenvalue weighted by Gasteiger charge is -2.38. The number of hydrogen-bond acceptors (Lipinski definition) is 3. The Balaban J connectivity index is 0.00000392. The minimum Gasteiger partial charge on any atom is -0.368 e. The maximum absolute atomic E-state index is 13.1. The van der Waals surface area contributed by atoms with Gasteiger partial charge in [-0.05, 0) is 52.0 Å². The van der Waals surface area contributed by atoms with E-state index in [0.717, 1.165) is 44.4 Å². The maximum atomic E-state index is 13.1. The number of carbonyl (C=O) groups excluding carboxylic acids is 1. The van der Waals surface area contributed by atoms with Crippen molar-refractivity contribution >= 4 is 41.5 Å².